The Morgan fingerprint density at radius 3 is 2.57 bits per heavy atom. The van der Waals surface area contributed by atoms with E-state index in [4.69, 9.17) is 11.6 Å². The zero-order valence-corrected chi connectivity index (χ0v) is 20.7. The van der Waals surface area contributed by atoms with Crippen LogP contribution in [0.4, 0.5) is 5.82 Å². The second-order valence-electron chi connectivity index (χ2n) is 10.3. The van der Waals surface area contributed by atoms with E-state index in [9.17, 15) is 4.79 Å². The number of aromatic nitrogens is 3. The molecule has 0 spiro atoms. The van der Waals surface area contributed by atoms with Crippen LogP contribution in [0.25, 0.3) is 22.2 Å². The fourth-order valence-corrected chi connectivity index (χ4v) is 6.36. The molecule has 0 aromatic carbocycles. The van der Waals surface area contributed by atoms with Gasteiger partial charge in [0, 0.05) is 41.5 Å². The lowest BCUT2D eigenvalue weighted by atomic mass is 9.88. The molecule has 3 aromatic rings. The highest BCUT2D eigenvalue weighted by molar-refractivity contribution is 6.29. The summed E-state index contributed by atoms with van der Waals surface area (Å²) in [5.41, 5.74) is 2.95. The number of carbonyl (C=O) groups is 1. The van der Waals surface area contributed by atoms with E-state index in [0.29, 0.717) is 29.2 Å². The van der Waals surface area contributed by atoms with Crippen LogP contribution in [0.2, 0.25) is 5.15 Å². The number of aromatic amines is 1. The summed E-state index contributed by atoms with van der Waals surface area (Å²) < 4.78 is 0. The third-order valence-corrected chi connectivity index (χ3v) is 8.29. The van der Waals surface area contributed by atoms with Crippen LogP contribution in [0.5, 0.6) is 0 Å². The van der Waals surface area contributed by atoms with Crippen molar-refractivity contribution in [3.05, 3.63) is 41.8 Å². The second-order valence-corrected chi connectivity index (χ2v) is 10.7. The van der Waals surface area contributed by atoms with Gasteiger partial charge in [0.1, 0.15) is 16.6 Å². The molecule has 1 amide bonds. The van der Waals surface area contributed by atoms with Gasteiger partial charge in [-0.05, 0) is 81.3 Å². The predicted molar refractivity (Wildman–Crippen MR) is 140 cm³/mol. The number of nitrogens with one attached hydrogen (secondary N) is 3. The minimum absolute atomic E-state index is 0.0419. The number of anilines is 1. The van der Waals surface area contributed by atoms with Crippen LogP contribution in [-0.4, -0.2) is 56.5 Å². The minimum Gasteiger partial charge on any atom is -0.367 e. The third kappa shape index (κ3) is 4.64. The summed E-state index contributed by atoms with van der Waals surface area (Å²) >= 11 is 6.43. The van der Waals surface area contributed by atoms with Crippen LogP contribution in [-0.2, 0) is 4.79 Å². The second kappa shape index (κ2) is 9.78. The van der Waals surface area contributed by atoms with Crippen LogP contribution in [0, 0.1) is 0 Å². The molecular formula is C27H33ClN6O. The molecule has 1 saturated heterocycles. The number of hydrogen-bond acceptors (Lipinski definition) is 5. The molecule has 0 radical (unpaired) electrons. The van der Waals surface area contributed by atoms with Crippen molar-refractivity contribution in [2.45, 2.75) is 82.0 Å². The molecule has 7 nitrogen and oxygen atoms in total. The number of nitrogens with zero attached hydrogens (tertiary/aromatic N) is 3. The van der Waals surface area contributed by atoms with E-state index in [0.717, 1.165) is 79.5 Å². The average molecular weight is 493 g/mol. The maximum Gasteiger partial charge on any atom is 0.240 e. The van der Waals surface area contributed by atoms with Crippen LogP contribution < -0.4 is 10.6 Å². The van der Waals surface area contributed by atoms with Crippen molar-refractivity contribution in [3.8, 4) is 11.1 Å². The molecule has 1 atom stereocenters. The summed E-state index contributed by atoms with van der Waals surface area (Å²) in [5.74, 6) is 1.14. The highest BCUT2D eigenvalue weighted by Gasteiger charge is 2.39. The lowest BCUT2D eigenvalue weighted by Crippen LogP contribution is -2.59. The van der Waals surface area contributed by atoms with Crippen LogP contribution in [0.3, 0.4) is 0 Å². The monoisotopic (exact) mass is 492 g/mol. The molecular weight excluding hydrogens is 460 g/mol. The molecule has 1 unspecified atom stereocenters. The Labute approximate surface area is 211 Å². The van der Waals surface area contributed by atoms with E-state index >= 15 is 0 Å². The van der Waals surface area contributed by atoms with Gasteiger partial charge < -0.3 is 20.5 Å². The summed E-state index contributed by atoms with van der Waals surface area (Å²) in [5, 5.41) is 8.51. The van der Waals surface area contributed by atoms with Gasteiger partial charge in [0.2, 0.25) is 5.91 Å². The van der Waals surface area contributed by atoms with E-state index in [1.165, 1.54) is 12.8 Å². The Hall–Kier alpha value is -2.64. The Bertz CT molecular complexity index is 1190. The molecule has 3 N–H and O–H groups in total. The molecule has 35 heavy (non-hydrogen) atoms. The largest absolute Gasteiger partial charge is 0.367 e. The number of carbonyl (C=O) groups excluding carboxylic acids is 1. The summed E-state index contributed by atoms with van der Waals surface area (Å²) in [6.45, 7) is 0.968. The van der Waals surface area contributed by atoms with Gasteiger partial charge in [-0.2, -0.15) is 0 Å². The summed E-state index contributed by atoms with van der Waals surface area (Å²) in [6.07, 6.45) is 13.7. The van der Waals surface area contributed by atoms with Crippen molar-refractivity contribution in [3.63, 3.8) is 0 Å². The topological polar surface area (TPSA) is 85.9 Å². The predicted octanol–water partition coefficient (Wildman–Crippen LogP) is 5.13. The molecule has 2 aliphatic carbocycles. The number of halogens is 1. The van der Waals surface area contributed by atoms with E-state index in [1.54, 1.807) is 6.20 Å². The molecule has 3 aromatic heterocycles. The van der Waals surface area contributed by atoms with Crippen molar-refractivity contribution in [2.24, 2.45) is 0 Å². The van der Waals surface area contributed by atoms with Crippen molar-refractivity contribution in [1.82, 2.24) is 25.2 Å². The number of rotatable bonds is 6. The SMILES string of the molecule is O=C(C1CCN1)N(C1CCCC1)C1CCC(Nc2cc(-c3c[nH]c4ncccc34)cc(Cl)n2)CC1. The smallest absolute Gasteiger partial charge is 0.240 e. The van der Waals surface area contributed by atoms with E-state index in [2.05, 4.69) is 42.6 Å². The normalized spacial score (nSPS) is 24.9. The molecule has 4 heterocycles. The van der Waals surface area contributed by atoms with E-state index < -0.39 is 0 Å². The number of hydrogen-bond donors (Lipinski definition) is 3. The van der Waals surface area contributed by atoms with Gasteiger partial charge in [0.15, 0.2) is 0 Å². The van der Waals surface area contributed by atoms with E-state index in [1.807, 2.05) is 18.3 Å². The number of fused-ring (bicyclic) bond motifs is 1. The fraction of sp³-hybridized carbons (Fsp3) is 0.519. The van der Waals surface area contributed by atoms with Gasteiger partial charge in [-0.1, -0.05) is 24.4 Å². The average Bonchev–Trinajstić information content (AvgIpc) is 3.49. The Morgan fingerprint density at radius 1 is 1.06 bits per heavy atom. The number of H-pyrrole nitrogens is 1. The quantitative estimate of drug-likeness (QED) is 0.415. The first-order valence-corrected chi connectivity index (χ1v) is 13.5. The molecule has 8 heteroatoms. The van der Waals surface area contributed by atoms with Crippen molar-refractivity contribution < 1.29 is 4.79 Å². The lowest BCUT2D eigenvalue weighted by molar-refractivity contribution is -0.141. The zero-order valence-electron chi connectivity index (χ0n) is 20.0. The lowest BCUT2D eigenvalue weighted by Gasteiger charge is -2.43. The summed E-state index contributed by atoms with van der Waals surface area (Å²) in [4.78, 5) is 27.8. The van der Waals surface area contributed by atoms with Gasteiger partial charge in [-0.25, -0.2) is 9.97 Å². The molecule has 6 rings (SSSR count). The Balaban J connectivity index is 1.14. The molecule has 3 fully saturated rings. The van der Waals surface area contributed by atoms with E-state index in [-0.39, 0.29) is 6.04 Å². The van der Waals surface area contributed by atoms with Crippen molar-refractivity contribution >= 4 is 34.4 Å². The molecule has 184 valence electrons. The minimum atomic E-state index is 0.0419. The fourth-order valence-electron chi connectivity index (χ4n) is 6.15. The van der Waals surface area contributed by atoms with Crippen LogP contribution in [0.15, 0.2) is 36.7 Å². The third-order valence-electron chi connectivity index (χ3n) is 8.09. The molecule has 2 saturated carbocycles. The van der Waals surface area contributed by atoms with Crippen LogP contribution >= 0.6 is 11.6 Å². The molecule has 3 aliphatic rings. The first-order valence-electron chi connectivity index (χ1n) is 13.1. The Morgan fingerprint density at radius 2 is 1.83 bits per heavy atom. The number of amides is 1. The summed E-state index contributed by atoms with van der Waals surface area (Å²) in [7, 11) is 0. The Kier molecular flexibility index (Phi) is 6.37. The summed E-state index contributed by atoms with van der Waals surface area (Å²) in [6, 6.07) is 9.14. The highest BCUT2D eigenvalue weighted by Crippen LogP contribution is 2.34. The molecule has 0 bridgehead atoms. The zero-order chi connectivity index (χ0) is 23.8. The van der Waals surface area contributed by atoms with Gasteiger partial charge in [-0.3, -0.25) is 4.79 Å². The first kappa shape index (κ1) is 22.8. The highest BCUT2D eigenvalue weighted by atomic mass is 35.5. The van der Waals surface area contributed by atoms with Gasteiger partial charge in [-0.15, -0.1) is 0 Å². The van der Waals surface area contributed by atoms with Crippen molar-refractivity contribution in [1.29, 1.82) is 0 Å². The van der Waals surface area contributed by atoms with Crippen LogP contribution in [0.1, 0.15) is 57.8 Å². The standard InChI is InChI=1S/C27H33ClN6O/c28-24-14-17(22-16-31-26-21(22)6-3-12-30-26)15-25(33-24)32-18-7-9-20(10-8-18)34(19-4-1-2-5-19)27(35)23-11-13-29-23/h3,6,12,14-16,18-20,23,29H,1-2,4-5,7-11,13H2,(H,30,31)(H,32,33). The van der Waals surface area contributed by atoms with Gasteiger partial charge >= 0.3 is 0 Å². The molecule has 1 aliphatic heterocycles. The maximum absolute atomic E-state index is 13.3. The first-order chi connectivity index (χ1) is 17.2. The van der Waals surface area contributed by atoms with Gasteiger partial charge in [0.05, 0.1) is 6.04 Å². The number of pyridine rings is 2. The van der Waals surface area contributed by atoms with Crippen molar-refractivity contribution in [2.75, 3.05) is 11.9 Å². The van der Waals surface area contributed by atoms with Gasteiger partial charge in [0.25, 0.3) is 0 Å². The maximum atomic E-state index is 13.3.